The van der Waals surface area contributed by atoms with Crippen molar-refractivity contribution in [2.75, 3.05) is 31.6 Å². The van der Waals surface area contributed by atoms with Crippen LogP contribution < -0.4 is 14.5 Å². The van der Waals surface area contributed by atoms with Crippen LogP contribution in [0.1, 0.15) is 39.2 Å². The Balaban J connectivity index is 1.58. The van der Waals surface area contributed by atoms with Crippen LogP contribution in [0.2, 0.25) is 5.28 Å². The van der Waals surface area contributed by atoms with Gasteiger partial charge in [0.15, 0.2) is 17.4 Å². The van der Waals surface area contributed by atoms with Crippen LogP contribution in [-0.4, -0.2) is 57.6 Å². The molecule has 3 rings (SSSR count). The van der Waals surface area contributed by atoms with Crippen LogP contribution in [-0.2, 0) is 20.2 Å². The molecule has 0 radical (unpaired) electrons. The molecular weight excluding hydrogens is 594 g/mol. The van der Waals surface area contributed by atoms with Crippen LogP contribution in [0.25, 0.3) is 11.3 Å². The van der Waals surface area contributed by atoms with Crippen molar-refractivity contribution in [3.8, 4) is 22.8 Å². The summed E-state index contributed by atoms with van der Waals surface area (Å²) in [5.74, 6) is -1.05. The largest absolute Gasteiger partial charge is 0.494 e. The number of hydroxylamine groups is 1. The number of amides is 1. The molecule has 0 saturated heterocycles. The summed E-state index contributed by atoms with van der Waals surface area (Å²) in [6.07, 6.45) is 2.41. The molecule has 0 fully saturated rings. The number of unbranched alkanes of at least 4 members (excludes halogenated alkanes) is 1. The van der Waals surface area contributed by atoms with Gasteiger partial charge in [0.1, 0.15) is 17.0 Å². The Morgan fingerprint density at radius 2 is 1.79 bits per heavy atom. The van der Waals surface area contributed by atoms with Crippen molar-refractivity contribution in [1.29, 1.82) is 0 Å². The van der Waals surface area contributed by atoms with E-state index >= 15 is 0 Å². The van der Waals surface area contributed by atoms with E-state index < -0.39 is 33.1 Å². The quantitative estimate of drug-likeness (QED) is 0.141. The maximum absolute atomic E-state index is 14.3. The normalized spacial score (nSPS) is 12.8. The second kappa shape index (κ2) is 14.1. The molecule has 1 heterocycles. The summed E-state index contributed by atoms with van der Waals surface area (Å²) in [7, 11) is -1.56. The van der Waals surface area contributed by atoms with Crippen molar-refractivity contribution in [2.24, 2.45) is 4.36 Å². The first-order valence-corrected chi connectivity index (χ1v) is 15.3. The third-order valence-corrected chi connectivity index (χ3v) is 6.99. The Hall–Kier alpha value is -3.55. The van der Waals surface area contributed by atoms with Crippen LogP contribution >= 0.6 is 11.6 Å². The summed E-state index contributed by atoms with van der Waals surface area (Å²) in [4.78, 5) is 19.5. The number of halogens is 3. The van der Waals surface area contributed by atoms with Crippen molar-refractivity contribution in [3.63, 3.8) is 0 Å². The maximum Gasteiger partial charge on any atom is 0.442 e. The third-order valence-electron chi connectivity index (χ3n) is 5.40. The summed E-state index contributed by atoms with van der Waals surface area (Å²) in [5.41, 5.74) is 0.362. The van der Waals surface area contributed by atoms with E-state index in [1.165, 1.54) is 25.4 Å². The van der Waals surface area contributed by atoms with Crippen LogP contribution in [0.4, 0.5) is 19.3 Å². The minimum Gasteiger partial charge on any atom is -0.494 e. The molecule has 0 aliphatic carbocycles. The summed E-state index contributed by atoms with van der Waals surface area (Å²) in [5, 5.41) is 10.7. The molecule has 228 valence electrons. The molecule has 1 aromatic heterocycles. The Morgan fingerprint density at radius 1 is 1.10 bits per heavy atom. The van der Waals surface area contributed by atoms with Crippen LogP contribution in [0.15, 0.2) is 47.0 Å². The molecule has 42 heavy (non-hydrogen) atoms. The van der Waals surface area contributed by atoms with Gasteiger partial charge in [0, 0.05) is 24.9 Å². The predicted molar refractivity (Wildman–Crippen MR) is 156 cm³/mol. The second-order valence-electron chi connectivity index (χ2n) is 10.4. The minimum atomic E-state index is -2.99. The highest BCUT2D eigenvalue weighted by Crippen LogP contribution is 2.28. The van der Waals surface area contributed by atoms with Gasteiger partial charge < -0.3 is 14.2 Å². The number of ether oxygens (including phenoxy) is 3. The lowest BCUT2D eigenvalue weighted by Gasteiger charge is -2.18. The molecule has 1 unspecified atom stereocenters. The second-order valence-corrected chi connectivity index (χ2v) is 13.1. The molecule has 1 atom stereocenters. The molecule has 0 saturated carbocycles. The SMILES string of the molecule is CN(O)c1cc(CS(C)(=O)=NC(=O)OC(C)(C)C)cc(OCCCCOc2cc(-c3nc(Cl)ncc3F)ccc2F)c1. The number of nitrogens with zero attached hydrogens (tertiary/aromatic N) is 4. The minimum absolute atomic E-state index is 0.0640. The van der Waals surface area contributed by atoms with Crippen LogP contribution in [0.3, 0.4) is 0 Å². The smallest absolute Gasteiger partial charge is 0.442 e. The Bertz CT molecular complexity index is 1540. The number of rotatable bonds is 11. The monoisotopic (exact) mass is 626 g/mol. The third kappa shape index (κ3) is 10.4. The first-order chi connectivity index (χ1) is 19.6. The number of carbonyl (C=O) groups excluding carboxylic acids is 1. The molecule has 2 aromatic carbocycles. The zero-order valence-corrected chi connectivity index (χ0v) is 25.5. The van der Waals surface area contributed by atoms with Gasteiger partial charge in [0.2, 0.25) is 5.28 Å². The Morgan fingerprint density at radius 3 is 2.45 bits per heavy atom. The highest BCUT2D eigenvalue weighted by Gasteiger charge is 2.18. The van der Waals surface area contributed by atoms with E-state index in [1.807, 2.05) is 0 Å². The van der Waals surface area contributed by atoms with E-state index in [-0.39, 0.29) is 41.3 Å². The molecule has 3 aromatic rings. The fraction of sp³-hybridized carbons (Fsp3) is 0.393. The van der Waals surface area contributed by atoms with Crippen molar-refractivity contribution in [1.82, 2.24) is 9.97 Å². The van der Waals surface area contributed by atoms with Crippen LogP contribution in [0.5, 0.6) is 11.5 Å². The molecule has 14 heteroatoms. The summed E-state index contributed by atoms with van der Waals surface area (Å²) in [6.45, 7) is 5.48. The molecule has 10 nitrogen and oxygen atoms in total. The number of hydrogen-bond acceptors (Lipinski definition) is 9. The van der Waals surface area contributed by atoms with E-state index in [2.05, 4.69) is 14.3 Å². The topological polar surface area (TPSA) is 123 Å². The van der Waals surface area contributed by atoms with E-state index in [1.54, 1.807) is 39.0 Å². The van der Waals surface area contributed by atoms with Crippen LogP contribution in [0, 0.1) is 11.6 Å². The molecule has 0 spiro atoms. The van der Waals surface area contributed by atoms with Gasteiger partial charge in [0.25, 0.3) is 0 Å². The van der Waals surface area contributed by atoms with Crippen molar-refractivity contribution >= 4 is 33.1 Å². The first-order valence-electron chi connectivity index (χ1n) is 12.8. The maximum atomic E-state index is 14.3. The lowest BCUT2D eigenvalue weighted by molar-refractivity contribution is 0.0607. The molecular formula is C28H33ClF2N4O6S. The van der Waals surface area contributed by atoms with Gasteiger partial charge in [-0.15, -0.1) is 4.36 Å². The zero-order chi connectivity index (χ0) is 31.1. The fourth-order valence-electron chi connectivity index (χ4n) is 3.66. The number of benzene rings is 2. The van der Waals surface area contributed by atoms with E-state index in [4.69, 9.17) is 25.8 Å². The average Bonchev–Trinajstić information content (AvgIpc) is 2.86. The number of hydrogen-bond donors (Lipinski definition) is 1. The molecule has 1 N–H and O–H groups in total. The van der Waals surface area contributed by atoms with Crippen molar-refractivity contribution in [3.05, 3.63) is 65.1 Å². The van der Waals surface area contributed by atoms with E-state index in [0.717, 1.165) is 17.3 Å². The van der Waals surface area contributed by atoms with Gasteiger partial charge in [-0.3, -0.25) is 10.3 Å². The van der Waals surface area contributed by atoms with Crippen molar-refractivity contribution in [2.45, 2.75) is 45.0 Å². The zero-order valence-electron chi connectivity index (χ0n) is 23.9. The van der Waals surface area contributed by atoms with Gasteiger partial charge in [0.05, 0.1) is 40.6 Å². The predicted octanol–water partition coefficient (Wildman–Crippen LogP) is 6.67. The van der Waals surface area contributed by atoms with Gasteiger partial charge in [-0.2, -0.15) is 0 Å². The lowest BCUT2D eigenvalue weighted by atomic mass is 10.1. The van der Waals surface area contributed by atoms with Crippen molar-refractivity contribution < 1.29 is 37.2 Å². The summed E-state index contributed by atoms with van der Waals surface area (Å²) in [6, 6.07) is 8.72. The van der Waals surface area contributed by atoms with Gasteiger partial charge >= 0.3 is 6.09 Å². The Kier molecular flexibility index (Phi) is 11.0. The number of aromatic nitrogens is 2. The highest BCUT2D eigenvalue weighted by molar-refractivity contribution is 7.92. The summed E-state index contributed by atoms with van der Waals surface area (Å²) >= 11 is 5.76. The number of carbonyl (C=O) groups is 1. The molecule has 0 aliphatic rings. The Labute approximate surface area is 248 Å². The van der Waals surface area contributed by atoms with Gasteiger partial charge in [-0.25, -0.2) is 27.8 Å². The average molecular weight is 627 g/mol. The molecule has 0 aliphatic heterocycles. The fourth-order valence-corrected chi connectivity index (χ4v) is 5.00. The number of anilines is 1. The molecule has 0 bridgehead atoms. The summed E-state index contributed by atoms with van der Waals surface area (Å²) < 4.78 is 61.6. The molecule has 1 amide bonds. The van der Waals surface area contributed by atoms with Gasteiger partial charge in [-0.05, 0) is 81.1 Å². The lowest BCUT2D eigenvalue weighted by Crippen LogP contribution is -2.22. The highest BCUT2D eigenvalue weighted by atomic mass is 35.5. The first kappa shape index (κ1) is 33.0. The standard InChI is InChI=1S/C28H33ClF2N4O6S/c1-28(2,3)41-27(36)34-42(5,38)17-18-12-20(35(4)37)15-21(13-18)39-10-6-7-11-40-24-14-19(8-9-22(24)30)25-23(31)16-32-26(29)33-25/h8-9,12-16,37H,6-7,10-11,17H2,1-5H3. The van der Waals surface area contributed by atoms with E-state index in [9.17, 15) is 23.0 Å². The van der Waals surface area contributed by atoms with Gasteiger partial charge in [-0.1, -0.05) is 0 Å². The van der Waals surface area contributed by atoms with E-state index in [0.29, 0.717) is 29.8 Å².